The van der Waals surface area contributed by atoms with Gasteiger partial charge in [-0.3, -0.25) is 0 Å². The van der Waals surface area contributed by atoms with Crippen LogP contribution in [0.5, 0.6) is 0 Å². The number of hydrogen-bond acceptors (Lipinski definition) is 5. The number of nitrogens with zero attached hydrogens (tertiary/aromatic N) is 2. The van der Waals surface area contributed by atoms with Gasteiger partial charge in [-0.2, -0.15) is 4.31 Å². The van der Waals surface area contributed by atoms with E-state index in [1.165, 1.54) is 15.8 Å². The lowest BCUT2D eigenvalue weighted by molar-refractivity contribution is 0.0697. The first-order chi connectivity index (χ1) is 9.89. The number of carbonyl (C=O) groups excluding carboxylic acids is 1. The standard InChI is InChI=1S/C11H13N3O5S2/c15-10(16)7-3-9(20-6-7)21(18,19)13-1-2-14-8(5-13)4-12-11(14)17/h3,6,8H,1-2,4-5H2,(H,12,17)(H,15,16). The molecule has 3 heterocycles. The topological polar surface area (TPSA) is 107 Å². The zero-order chi connectivity index (χ0) is 15.2. The Hall–Kier alpha value is -1.65. The van der Waals surface area contributed by atoms with Gasteiger partial charge in [-0.1, -0.05) is 0 Å². The van der Waals surface area contributed by atoms with Gasteiger partial charge in [0.05, 0.1) is 11.6 Å². The maximum atomic E-state index is 12.5. The van der Waals surface area contributed by atoms with E-state index < -0.39 is 16.0 Å². The average Bonchev–Trinajstić information content (AvgIpc) is 3.06. The molecule has 1 aromatic rings. The number of hydrogen-bond donors (Lipinski definition) is 2. The number of nitrogens with one attached hydrogen (secondary N) is 1. The molecule has 1 aromatic heterocycles. The lowest BCUT2D eigenvalue weighted by atomic mass is 10.2. The molecule has 21 heavy (non-hydrogen) atoms. The van der Waals surface area contributed by atoms with Crippen LogP contribution in [0.25, 0.3) is 0 Å². The monoisotopic (exact) mass is 331 g/mol. The average molecular weight is 331 g/mol. The predicted molar refractivity (Wildman–Crippen MR) is 73.9 cm³/mol. The fourth-order valence-electron chi connectivity index (χ4n) is 2.49. The van der Waals surface area contributed by atoms with E-state index in [0.29, 0.717) is 13.1 Å². The minimum absolute atomic E-state index is 0.0191. The number of carboxylic acid groups (broad SMARTS) is 1. The van der Waals surface area contributed by atoms with E-state index in [4.69, 9.17) is 5.11 Å². The fraction of sp³-hybridized carbons (Fsp3) is 0.455. The molecule has 8 nitrogen and oxygen atoms in total. The van der Waals surface area contributed by atoms with Gasteiger partial charge in [-0.15, -0.1) is 11.3 Å². The molecule has 0 bridgehead atoms. The van der Waals surface area contributed by atoms with Crippen molar-refractivity contribution in [2.75, 3.05) is 26.2 Å². The maximum Gasteiger partial charge on any atom is 0.336 e. The van der Waals surface area contributed by atoms with E-state index in [1.54, 1.807) is 4.90 Å². The molecule has 0 aromatic carbocycles. The first kappa shape index (κ1) is 14.3. The number of carbonyl (C=O) groups is 2. The molecule has 10 heteroatoms. The van der Waals surface area contributed by atoms with E-state index in [1.807, 2.05) is 0 Å². The molecule has 1 atom stereocenters. The zero-order valence-corrected chi connectivity index (χ0v) is 12.5. The van der Waals surface area contributed by atoms with Gasteiger partial charge in [0.25, 0.3) is 10.0 Å². The van der Waals surface area contributed by atoms with Crippen molar-refractivity contribution in [2.24, 2.45) is 0 Å². The third kappa shape index (κ3) is 2.39. The Morgan fingerprint density at radius 1 is 1.43 bits per heavy atom. The summed E-state index contributed by atoms with van der Waals surface area (Å²) in [5, 5.41) is 12.9. The third-order valence-corrected chi connectivity index (χ3v) is 6.89. The van der Waals surface area contributed by atoms with E-state index in [0.717, 1.165) is 11.3 Å². The normalized spacial score (nSPS) is 23.0. The minimum atomic E-state index is -3.71. The second-order valence-corrected chi connectivity index (χ2v) is 7.93. The van der Waals surface area contributed by atoms with Gasteiger partial charge in [0.1, 0.15) is 4.21 Å². The maximum absolute atomic E-state index is 12.5. The van der Waals surface area contributed by atoms with Crippen LogP contribution in [0, 0.1) is 0 Å². The Morgan fingerprint density at radius 2 is 2.19 bits per heavy atom. The summed E-state index contributed by atoms with van der Waals surface area (Å²) in [6.07, 6.45) is 0. The van der Waals surface area contributed by atoms with Gasteiger partial charge < -0.3 is 15.3 Å². The van der Waals surface area contributed by atoms with Crippen molar-refractivity contribution in [2.45, 2.75) is 10.3 Å². The molecule has 1 unspecified atom stereocenters. The molecule has 114 valence electrons. The molecule has 0 saturated carbocycles. The lowest BCUT2D eigenvalue weighted by Gasteiger charge is -2.35. The molecule has 2 amide bonds. The van der Waals surface area contributed by atoms with Crippen molar-refractivity contribution in [3.8, 4) is 0 Å². The summed E-state index contributed by atoms with van der Waals surface area (Å²) in [7, 11) is -3.71. The number of rotatable bonds is 3. The van der Waals surface area contributed by atoms with Crippen LogP contribution < -0.4 is 5.32 Å². The Bertz CT molecular complexity index is 698. The predicted octanol–water partition coefficient (Wildman–Crippen LogP) is -0.156. The number of thiophene rings is 1. The number of carboxylic acids is 1. The van der Waals surface area contributed by atoms with Crippen LogP contribution in [-0.4, -0.2) is 67.0 Å². The molecule has 3 rings (SSSR count). The van der Waals surface area contributed by atoms with Crippen LogP contribution >= 0.6 is 11.3 Å². The summed E-state index contributed by atoms with van der Waals surface area (Å²) < 4.78 is 26.4. The summed E-state index contributed by atoms with van der Waals surface area (Å²) in [5.41, 5.74) is -0.0325. The number of piperazine rings is 1. The quantitative estimate of drug-likeness (QED) is 0.801. The van der Waals surface area contributed by atoms with Gasteiger partial charge in [0.15, 0.2) is 0 Å². The van der Waals surface area contributed by atoms with Crippen molar-refractivity contribution >= 4 is 33.4 Å². The highest BCUT2D eigenvalue weighted by Gasteiger charge is 2.40. The minimum Gasteiger partial charge on any atom is -0.478 e. The van der Waals surface area contributed by atoms with E-state index in [2.05, 4.69) is 5.32 Å². The second-order valence-electron chi connectivity index (χ2n) is 4.86. The Kier molecular flexibility index (Phi) is 3.38. The third-order valence-electron chi connectivity index (χ3n) is 3.61. The molecule has 2 N–H and O–H groups in total. The smallest absolute Gasteiger partial charge is 0.336 e. The Balaban J connectivity index is 1.82. The molecule has 2 aliphatic heterocycles. The van der Waals surface area contributed by atoms with Crippen LogP contribution in [-0.2, 0) is 10.0 Å². The van der Waals surface area contributed by atoms with Gasteiger partial charge in [-0.25, -0.2) is 18.0 Å². The van der Waals surface area contributed by atoms with Gasteiger partial charge in [-0.05, 0) is 6.07 Å². The first-order valence-corrected chi connectivity index (χ1v) is 8.58. The SMILES string of the molecule is O=C(O)c1csc(S(=O)(=O)N2CCN3C(=O)NCC3C2)c1. The van der Waals surface area contributed by atoms with Crippen molar-refractivity contribution in [1.82, 2.24) is 14.5 Å². The highest BCUT2D eigenvalue weighted by molar-refractivity contribution is 7.91. The highest BCUT2D eigenvalue weighted by atomic mass is 32.2. The first-order valence-electron chi connectivity index (χ1n) is 6.26. The van der Waals surface area contributed by atoms with Gasteiger partial charge >= 0.3 is 12.0 Å². The summed E-state index contributed by atoms with van der Waals surface area (Å²) in [6.45, 7) is 1.20. The number of sulfonamides is 1. The number of amides is 2. The molecule has 2 fully saturated rings. The van der Waals surface area contributed by atoms with Crippen LogP contribution in [0.1, 0.15) is 10.4 Å². The number of fused-ring (bicyclic) bond motifs is 1. The zero-order valence-electron chi connectivity index (χ0n) is 10.9. The summed E-state index contributed by atoms with van der Waals surface area (Å²) in [6, 6.07) is 0.841. The van der Waals surface area contributed by atoms with Gasteiger partial charge in [0, 0.05) is 31.6 Å². The summed E-state index contributed by atoms with van der Waals surface area (Å²) >= 11 is 0.898. The van der Waals surface area contributed by atoms with Gasteiger partial charge in [0.2, 0.25) is 0 Å². The molecular formula is C11H13N3O5S2. The van der Waals surface area contributed by atoms with Crippen molar-refractivity contribution in [3.63, 3.8) is 0 Å². The molecule has 0 spiro atoms. The van der Waals surface area contributed by atoms with Crippen LogP contribution in [0.4, 0.5) is 4.79 Å². The van der Waals surface area contributed by atoms with E-state index in [9.17, 15) is 18.0 Å². The highest BCUT2D eigenvalue weighted by Crippen LogP contribution is 2.26. The largest absolute Gasteiger partial charge is 0.478 e. The second kappa shape index (κ2) is 4.97. The Labute approximate surface area is 125 Å². The van der Waals surface area contributed by atoms with E-state index >= 15 is 0 Å². The molecule has 2 saturated heterocycles. The fourth-order valence-corrected chi connectivity index (χ4v) is 5.26. The summed E-state index contributed by atoms with van der Waals surface area (Å²) in [4.78, 5) is 24.0. The van der Waals surface area contributed by atoms with Crippen LogP contribution in [0.15, 0.2) is 15.7 Å². The number of aromatic carboxylic acids is 1. The van der Waals surface area contributed by atoms with E-state index in [-0.39, 0.29) is 34.9 Å². The molecule has 0 radical (unpaired) electrons. The lowest BCUT2D eigenvalue weighted by Crippen LogP contribution is -2.53. The Morgan fingerprint density at radius 3 is 2.86 bits per heavy atom. The number of urea groups is 1. The molecular weight excluding hydrogens is 318 g/mol. The van der Waals surface area contributed by atoms with Crippen LogP contribution in [0.2, 0.25) is 0 Å². The van der Waals surface area contributed by atoms with Crippen molar-refractivity contribution in [3.05, 3.63) is 17.0 Å². The summed E-state index contributed by atoms with van der Waals surface area (Å²) in [5.74, 6) is -1.15. The van der Waals surface area contributed by atoms with Crippen molar-refractivity contribution < 1.29 is 23.1 Å². The molecule has 2 aliphatic rings. The molecule has 0 aliphatic carbocycles. The van der Waals surface area contributed by atoms with Crippen LogP contribution in [0.3, 0.4) is 0 Å². The van der Waals surface area contributed by atoms with Crippen molar-refractivity contribution in [1.29, 1.82) is 0 Å².